The van der Waals surface area contributed by atoms with Crippen LogP contribution in [0.4, 0.5) is 0 Å². The number of aliphatic imine (C=N–C) groups is 1. The molecule has 1 aromatic carbocycles. The van der Waals surface area contributed by atoms with E-state index < -0.39 is 0 Å². The van der Waals surface area contributed by atoms with E-state index in [0.29, 0.717) is 31.4 Å². The summed E-state index contributed by atoms with van der Waals surface area (Å²) in [7, 11) is 0. The maximum absolute atomic E-state index is 5.80. The van der Waals surface area contributed by atoms with Gasteiger partial charge in [0.25, 0.3) is 0 Å². The predicted octanol–water partition coefficient (Wildman–Crippen LogP) is 1.62. The fourth-order valence-electron chi connectivity index (χ4n) is 2.06. The van der Waals surface area contributed by atoms with Crippen LogP contribution in [0.25, 0.3) is 0 Å². The van der Waals surface area contributed by atoms with E-state index in [1.54, 1.807) is 12.4 Å². The number of guanidine groups is 1. The number of benzene rings is 1. The van der Waals surface area contributed by atoms with Crippen LogP contribution < -0.4 is 16.4 Å². The monoisotopic (exact) mass is 357 g/mol. The van der Waals surface area contributed by atoms with Crippen LogP contribution in [0.1, 0.15) is 11.1 Å². The normalized spacial score (nSPS) is 11.1. The molecule has 0 aliphatic carbocycles. The van der Waals surface area contributed by atoms with Crippen molar-refractivity contribution in [1.82, 2.24) is 15.6 Å². The number of pyridine rings is 1. The minimum Gasteiger partial charge on any atom is -0.375 e. The van der Waals surface area contributed by atoms with E-state index in [2.05, 4.69) is 20.6 Å². The number of aromatic nitrogens is 1. The molecule has 0 aliphatic rings. The van der Waals surface area contributed by atoms with Gasteiger partial charge in [-0.2, -0.15) is 0 Å². The Morgan fingerprint density at radius 3 is 2.64 bits per heavy atom. The van der Waals surface area contributed by atoms with Gasteiger partial charge in [0.1, 0.15) is 0 Å². The standard InChI is InChI=1S/C18H23N5OS/c19-17(21-12-13-24-14-16-4-2-1-3-5-16)23-18(25)22-11-8-15-6-9-20-10-7-15/h1-7,9-10H,8,11-14H2,(H4,19,21,22,23,25). The minimum absolute atomic E-state index is 0.282. The molecule has 1 aromatic heterocycles. The third-order valence-corrected chi connectivity index (χ3v) is 3.57. The van der Waals surface area contributed by atoms with Crippen LogP contribution in [-0.2, 0) is 17.8 Å². The van der Waals surface area contributed by atoms with Crippen molar-refractivity contribution in [2.45, 2.75) is 13.0 Å². The summed E-state index contributed by atoms with van der Waals surface area (Å²) in [4.78, 5) is 8.17. The Hall–Kier alpha value is -2.51. The van der Waals surface area contributed by atoms with Gasteiger partial charge in [0.05, 0.1) is 19.8 Å². The van der Waals surface area contributed by atoms with Crippen molar-refractivity contribution in [2.24, 2.45) is 10.7 Å². The molecule has 1 heterocycles. The predicted molar refractivity (Wildman–Crippen MR) is 104 cm³/mol. The maximum atomic E-state index is 5.80. The van der Waals surface area contributed by atoms with E-state index in [4.69, 9.17) is 22.7 Å². The molecular weight excluding hydrogens is 334 g/mol. The summed E-state index contributed by atoms with van der Waals surface area (Å²) in [5, 5.41) is 6.41. The third-order valence-electron chi connectivity index (χ3n) is 3.32. The van der Waals surface area contributed by atoms with Gasteiger partial charge in [0, 0.05) is 18.9 Å². The van der Waals surface area contributed by atoms with Crippen LogP contribution in [0.3, 0.4) is 0 Å². The summed E-state index contributed by atoms with van der Waals surface area (Å²) in [5.74, 6) is 0.282. The molecule has 0 saturated heterocycles. The third kappa shape index (κ3) is 8.23. The highest BCUT2D eigenvalue weighted by atomic mass is 32.1. The molecule has 0 unspecified atom stereocenters. The van der Waals surface area contributed by atoms with E-state index in [1.165, 1.54) is 5.56 Å². The molecule has 25 heavy (non-hydrogen) atoms. The second-order valence-corrected chi connectivity index (χ2v) is 5.70. The molecular formula is C18H23N5OS. The minimum atomic E-state index is 0.282. The van der Waals surface area contributed by atoms with Crippen LogP contribution in [-0.4, -0.2) is 35.8 Å². The van der Waals surface area contributed by atoms with E-state index in [9.17, 15) is 0 Å². The molecule has 132 valence electrons. The highest BCUT2D eigenvalue weighted by molar-refractivity contribution is 7.80. The molecule has 2 rings (SSSR count). The lowest BCUT2D eigenvalue weighted by Crippen LogP contribution is -2.43. The number of hydrogen-bond donors (Lipinski definition) is 3. The molecule has 0 saturated carbocycles. The molecule has 0 spiro atoms. The maximum Gasteiger partial charge on any atom is 0.194 e. The van der Waals surface area contributed by atoms with Gasteiger partial charge in [-0.05, 0) is 41.9 Å². The molecule has 0 fully saturated rings. The number of nitrogens with one attached hydrogen (secondary N) is 2. The highest BCUT2D eigenvalue weighted by Crippen LogP contribution is 2.00. The van der Waals surface area contributed by atoms with Crippen LogP contribution in [0.15, 0.2) is 59.9 Å². The lowest BCUT2D eigenvalue weighted by molar-refractivity contribution is 0.128. The molecule has 6 nitrogen and oxygen atoms in total. The van der Waals surface area contributed by atoms with Crippen LogP contribution in [0.2, 0.25) is 0 Å². The van der Waals surface area contributed by atoms with Gasteiger partial charge in [-0.25, -0.2) is 0 Å². The second-order valence-electron chi connectivity index (χ2n) is 5.29. The Morgan fingerprint density at radius 1 is 1.12 bits per heavy atom. The number of rotatable bonds is 8. The van der Waals surface area contributed by atoms with E-state index >= 15 is 0 Å². The lowest BCUT2D eigenvalue weighted by atomic mass is 10.2. The molecule has 0 bridgehead atoms. The lowest BCUT2D eigenvalue weighted by Gasteiger charge is -2.10. The summed E-state index contributed by atoms with van der Waals surface area (Å²) >= 11 is 5.18. The van der Waals surface area contributed by atoms with Crippen molar-refractivity contribution in [3.63, 3.8) is 0 Å². The first-order chi connectivity index (χ1) is 12.2. The topological polar surface area (TPSA) is 84.6 Å². The molecule has 0 aliphatic heterocycles. The first-order valence-electron chi connectivity index (χ1n) is 8.09. The van der Waals surface area contributed by atoms with Crippen molar-refractivity contribution >= 4 is 23.3 Å². The summed E-state index contributed by atoms with van der Waals surface area (Å²) in [5.41, 5.74) is 8.13. The van der Waals surface area contributed by atoms with Crippen molar-refractivity contribution in [3.05, 3.63) is 66.0 Å². The first-order valence-corrected chi connectivity index (χ1v) is 8.50. The van der Waals surface area contributed by atoms with Gasteiger partial charge < -0.3 is 21.1 Å². The van der Waals surface area contributed by atoms with Gasteiger partial charge in [0.15, 0.2) is 11.1 Å². The largest absolute Gasteiger partial charge is 0.375 e. The Kier molecular flexibility index (Phi) is 8.37. The molecule has 7 heteroatoms. The van der Waals surface area contributed by atoms with Crippen LogP contribution in [0.5, 0.6) is 0 Å². The summed E-state index contributed by atoms with van der Waals surface area (Å²) in [6.07, 6.45) is 4.40. The fraction of sp³-hybridized carbons (Fsp3) is 0.278. The molecule has 0 atom stereocenters. The van der Waals surface area contributed by atoms with E-state index in [-0.39, 0.29) is 5.96 Å². The van der Waals surface area contributed by atoms with Gasteiger partial charge >= 0.3 is 0 Å². The molecule has 0 amide bonds. The van der Waals surface area contributed by atoms with Gasteiger partial charge in [0.2, 0.25) is 0 Å². The molecule has 2 aromatic rings. The number of nitrogens with zero attached hydrogens (tertiary/aromatic N) is 2. The zero-order valence-corrected chi connectivity index (χ0v) is 14.8. The van der Waals surface area contributed by atoms with Gasteiger partial charge in [-0.3, -0.25) is 9.98 Å². The number of nitrogens with two attached hydrogens (primary N) is 1. The van der Waals surface area contributed by atoms with E-state index in [0.717, 1.165) is 12.0 Å². The second kappa shape index (κ2) is 11.1. The Balaban J connectivity index is 1.56. The quantitative estimate of drug-likeness (QED) is 0.288. The average Bonchev–Trinajstić information content (AvgIpc) is 2.63. The van der Waals surface area contributed by atoms with Crippen molar-refractivity contribution in [1.29, 1.82) is 0 Å². The van der Waals surface area contributed by atoms with E-state index in [1.807, 2.05) is 42.5 Å². The van der Waals surface area contributed by atoms with Gasteiger partial charge in [-0.15, -0.1) is 0 Å². The number of hydrogen-bond acceptors (Lipinski definition) is 4. The zero-order valence-electron chi connectivity index (χ0n) is 14.0. The SMILES string of the molecule is NC(=NCCOCc1ccccc1)NC(=S)NCCc1ccncc1. The molecule has 0 radical (unpaired) electrons. The summed E-state index contributed by atoms with van der Waals surface area (Å²) in [6, 6.07) is 14.0. The smallest absolute Gasteiger partial charge is 0.194 e. The fourth-order valence-corrected chi connectivity index (χ4v) is 2.27. The Bertz CT molecular complexity index is 664. The number of ether oxygens (including phenoxy) is 1. The number of thiocarbonyl (C=S) groups is 1. The van der Waals surface area contributed by atoms with Crippen molar-refractivity contribution in [2.75, 3.05) is 19.7 Å². The Labute approximate surface area is 153 Å². The molecule has 4 N–H and O–H groups in total. The van der Waals surface area contributed by atoms with Crippen LogP contribution in [0, 0.1) is 0 Å². The Morgan fingerprint density at radius 2 is 1.88 bits per heavy atom. The zero-order chi connectivity index (χ0) is 17.7. The average molecular weight is 357 g/mol. The first kappa shape index (κ1) is 18.8. The van der Waals surface area contributed by atoms with Crippen LogP contribution >= 0.6 is 12.2 Å². The van der Waals surface area contributed by atoms with Crippen molar-refractivity contribution < 1.29 is 4.74 Å². The summed E-state index contributed by atoms with van der Waals surface area (Å²) in [6.45, 7) is 2.26. The van der Waals surface area contributed by atoms with Crippen molar-refractivity contribution in [3.8, 4) is 0 Å². The highest BCUT2D eigenvalue weighted by Gasteiger charge is 1.98. The summed E-state index contributed by atoms with van der Waals surface area (Å²) < 4.78 is 5.54. The van der Waals surface area contributed by atoms with Gasteiger partial charge in [-0.1, -0.05) is 30.3 Å².